The van der Waals surface area contributed by atoms with E-state index in [2.05, 4.69) is 20.6 Å². The van der Waals surface area contributed by atoms with Gasteiger partial charge in [0.1, 0.15) is 17.4 Å². The summed E-state index contributed by atoms with van der Waals surface area (Å²) in [7, 11) is 1.51. The standard InChI is InChI=1S/C24H24FN5O4S/c1-33-22-7-5-18-23(29-22)16(17(25)11-27-18)10-26-8-2-3-15-12-30(24(32)34-15)14-4-6-20-19(9-14)28-21(31)13-35-20/h4-7,9,11,15,26H,2-3,8,10,12-13H2,1H3,(H,28,31)/t15-/m0/s1. The van der Waals surface area contributed by atoms with Crippen molar-refractivity contribution in [3.63, 3.8) is 0 Å². The number of aromatic nitrogens is 2. The van der Waals surface area contributed by atoms with Crippen molar-refractivity contribution in [2.75, 3.05) is 36.2 Å². The number of benzene rings is 1. The van der Waals surface area contributed by atoms with Crippen molar-refractivity contribution >= 4 is 46.2 Å². The van der Waals surface area contributed by atoms with E-state index in [0.717, 1.165) is 11.3 Å². The van der Waals surface area contributed by atoms with Gasteiger partial charge in [0.15, 0.2) is 0 Å². The number of ether oxygens (including phenoxy) is 2. The van der Waals surface area contributed by atoms with Crippen molar-refractivity contribution < 1.29 is 23.5 Å². The summed E-state index contributed by atoms with van der Waals surface area (Å²) in [5, 5.41) is 6.09. The zero-order valence-electron chi connectivity index (χ0n) is 19.0. The van der Waals surface area contributed by atoms with E-state index in [4.69, 9.17) is 9.47 Å². The summed E-state index contributed by atoms with van der Waals surface area (Å²) in [6, 6.07) is 9.02. The topological polar surface area (TPSA) is 106 Å². The van der Waals surface area contributed by atoms with Gasteiger partial charge < -0.3 is 20.1 Å². The third kappa shape index (κ3) is 5.01. The Morgan fingerprint density at radius 2 is 2.20 bits per heavy atom. The Morgan fingerprint density at radius 3 is 3.06 bits per heavy atom. The normalized spacial score (nSPS) is 17.3. The molecule has 2 aliphatic rings. The molecular formula is C24H24FN5O4S. The Hall–Kier alpha value is -3.44. The van der Waals surface area contributed by atoms with Gasteiger partial charge in [0.05, 0.1) is 36.8 Å². The Balaban J connectivity index is 1.14. The number of hydrogen-bond donors (Lipinski definition) is 2. The van der Waals surface area contributed by atoms with Crippen LogP contribution in [0, 0.1) is 5.82 Å². The predicted molar refractivity (Wildman–Crippen MR) is 130 cm³/mol. The summed E-state index contributed by atoms with van der Waals surface area (Å²) in [6.07, 6.45) is 1.96. The number of nitrogens with zero attached hydrogens (tertiary/aromatic N) is 3. The average Bonchev–Trinajstić information content (AvgIpc) is 3.24. The minimum Gasteiger partial charge on any atom is -0.481 e. The van der Waals surface area contributed by atoms with Crippen LogP contribution >= 0.6 is 11.8 Å². The summed E-state index contributed by atoms with van der Waals surface area (Å²) in [4.78, 5) is 35.1. The van der Waals surface area contributed by atoms with Gasteiger partial charge >= 0.3 is 6.09 Å². The van der Waals surface area contributed by atoms with Crippen molar-refractivity contribution in [3.05, 3.63) is 47.9 Å². The van der Waals surface area contributed by atoms with Crippen molar-refractivity contribution in [1.29, 1.82) is 0 Å². The lowest BCUT2D eigenvalue weighted by Gasteiger charge is -2.20. The minimum atomic E-state index is -0.425. The molecule has 182 valence electrons. The van der Waals surface area contributed by atoms with Crippen LogP contribution in [0.5, 0.6) is 5.88 Å². The highest BCUT2D eigenvalue weighted by Gasteiger charge is 2.32. The lowest BCUT2D eigenvalue weighted by Crippen LogP contribution is -2.25. The lowest BCUT2D eigenvalue weighted by atomic mass is 10.1. The highest BCUT2D eigenvalue weighted by molar-refractivity contribution is 8.00. The van der Waals surface area contributed by atoms with Crippen LogP contribution in [0.1, 0.15) is 18.4 Å². The van der Waals surface area contributed by atoms with Gasteiger partial charge in [0, 0.05) is 28.8 Å². The second-order valence-corrected chi connectivity index (χ2v) is 9.28. The highest BCUT2D eigenvalue weighted by atomic mass is 32.2. The first-order valence-electron chi connectivity index (χ1n) is 11.3. The molecule has 9 nitrogen and oxygen atoms in total. The van der Waals surface area contributed by atoms with Crippen LogP contribution < -0.4 is 20.3 Å². The molecule has 1 atom stereocenters. The number of nitrogens with one attached hydrogen (secondary N) is 2. The fourth-order valence-electron chi connectivity index (χ4n) is 4.15. The number of carbonyl (C=O) groups is 2. The molecule has 0 bridgehead atoms. The van der Waals surface area contributed by atoms with Gasteiger partial charge in [0.25, 0.3) is 0 Å². The Kier molecular flexibility index (Phi) is 6.69. The fourth-order valence-corrected chi connectivity index (χ4v) is 4.94. The number of carbonyl (C=O) groups excluding carboxylic acids is 2. The van der Waals surface area contributed by atoms with Gasteiger partial charge in [0.2, 0.25) is 11.8 Å². The van der Waals surface area contributed by atoms with E-state index in [1.165, 1.54) is 25.1 Å². The molecule has 0 aliphatic carbocycles. The quantitative estimate of drug-likeness (QED) is 0.454. The number of cyclic esters (lactones) is 1. The van der Waals surface area contributed by atoms with Gasteiger partial charge in [-0.2, -0.15) is 0 Å². The molecule has 1 aromatic carbocycles. The van der Waals surface area contributed by atoms with E-state index in [-0.39, 0.29) is 12.0 Å². The van der Waals surface area contributed by atoms with Crippen LogP contribution in [0.25, 0.3) is 11.0 Å². The highest BCUT2D eigenvalue weighted by Crippen LogP contribution is 2.35. The molecule has 0 unspecified atom stereocenters. The average molecular weight is 498 g/mol. The van der Waals surface area contributed by atoms with E-state index < -0.39 is 11.9 Å². The van der Waals surface area contributed by atoms with E-state index in [1.807, 2.05) is 12.1 Å². The molecule has 2 amide bonds. The van der Waals surface area contributed by atoms with Crippen molar-refractivity contribution in [1.82, 2.24) is 15.3 Å². The van der Waals surface area contributed by atoms with Gasteiger partial charge in [-0.05, 0) is 43.7 Å². The minimum absolute atomic E-state index is 0.0522. The maximum atomic E-state index is 14.4. The molecule has 1 saturated heterocycles. The lowest BCUT2D eigenvalue weighted by molar-refractivity contribution is -0.113. The van der Waals surface area contributed by atoms with Gasteiger partial charge in [-0.1, -0.05) is 0 Å². The third-order valence-corrected chi connectivity index (χ3v) is 6.99. The molecule has 1 fully saturated rings. The molecule has 35 heavy (non-hydrogen) atoms. The first-order valence-corrected chi connectivity index (χ1v) is 12.2. The summed E-state index contributed by atoms with van der Waals surface area (Å²) in [5.74, 6) is 0.316. The van der Waals surface area contributed by atoms with Crippen molar-refractivity contribution in [2.45, 2.75) is 30.4 Å². The predicted octanol–water partition coefficient (Wildman–Crippen LogP) is 3.72. The van der Waals surface area contributed by atoms with Crippen LogP contribution in [0.2, 0.25) is 0 Å². The number of rotatable bonds is 8. The number of pyridine rings is 2. The van der Waals surface area contributed by atoms with E-state index in [1.54, 1.807) is 23.1 Å². The zero-order chi connectivity index (χ0) is 24.4. The van der Waals surface area contributed by atoms with Gasteiger partial charge in [-0.25, -0.2) is 14.2 Å². The molecule has 0 spiro atoms. The maximum absolute atomic E-state index is 14.4. The molecule has 4 heterocycles. The smallest absolute Gasteiger partial charge is 0.414 e. The number of amides is 2. The van der Waals surface area contributed by atoms with Crippen LogP contribution in [0.3, 0.4) is 0 Å². The second-order valence-electron chi connectivity index (χ2n) is 8.26. The molecule has 0 saturated carbocycles. The largest absolute Gasteiger partial charge is 0.481 e. The fraction of sp³-hybridized carbons (Fsp3) is 0.333. The van der Waals surface area contributed by atoms with Gasteiger partial charge in [-0.15, -0.1) is 11.8 Å². The number of fused-ring (bicyclic) bond motifs is 2. The number of thioether (sulfide) groups is 1. The number of halogens is 1. The molecular weight excluding hydrogens is 473 g/mol. The molecule has 3 aromatic rings. The third-order valence-electron chi connectivity index (χ3n) is 5.91. The number of hydrogen-bond acceptors (Lipinski definition) is 8. The Labute approximate surface area is 205 Å². The molecule has 2 aromatic heterocycles. The molecule has 2 aliphatic heterocycles. The van der Waals surface area contributed by atoms with Crippen LogP contribution in [0.15, 0.2) is 41.4 Å². The van der Waals surface area contributed by atoms with Crippen LogP contribution in [0.4, 0.5) is 20.6 Å². The zero-order valence-corrected chi connectivity index (χ0v) is 19.9. The van der Waals surface area contributed by atoms with Crippen LogP contribution in [-0.2, 0) is 16.1 Å². The summed E-state index contributed by atoms with van der Waals surface area (Å²) in [5.41, 5.74) is 2.91. The summed E-state index contributed by atoms with van der Waals surface area (Å²) >= 11 is 1.48. The molecule has 0 radical (unpaired) electrons. The van der Waals surface area contributed by atoms with Crippen LogP contribution in [-0.4, -0.2) is 54.0 Å². The van der Waals surface area contributed by atoms with E-state index in [9.17, 15) is 14.0 Å². The number of anilines is 2. The van der Waals surface area contributed by atoms with Crippen molar-refractivity contribution in [3.8, 4) is 5.88 Å². The van der Waals surface area contributed by atoms with Gasteiger partial charge in [-0.3, -0.25) is 14.7 Å². The molecule has 2 N–H and O–H groups in total. The maximum Gasteiger partial charge on any atom is 0.414 e. The monoisotopic (exact) mass is 497 g/mol. The first-order chi connectivity index (χ1) is 17.0. The van der Waals surface area contributed by atoms with E-state index in [0.29, 0.717) is 65.7 Å². The summed E-state index contributed by atoms with van der Waals surface area (Å²) in [6.45, 7) is 1.34. The first kappa shape index (κ1) is 23.3. The summed E-state index contributed by atoms with van der Waals surface area (Å²) < 4.78 is 25.1. The molecule has 11 heteroatoms. The second kappa shape index (κ2) is 10.0. The Bertz CT molecular complexity index is 1290. The number of methoxy groups -OCH3 is 1. The SMILES string of the molecule is COc1ccc2ncc(F)c(CNCCC[C@H]3CN(c4ccc5c(c4)NC(=O)CS5)C(=O)O3)c2n1. The Morgan fingerprint density at radius 1 is 1.31 bits per heavy atom. The van der Waals surface area contributed by atoms with E-state index >= 15 is 0 Å². The van der Waals surface area contributed by atoms with Crippen molar-refractivity contribution in [2.24, 2.45) is 0 Å². The molecule has 5 rings (SSSR count).